The van der Waals surface area contributed by atoms with Crippen molar-refractivity contribution in [3.8, 4) is 16.9 Å². The summed E-state index contributed by atoms with van der Waals surface area (Å²) in [6.07, 6.45) is 1.96. The number of benzene rings is 7. The Kier molecular flexibility index (Phi) is 9.19. The van der Waals surface area contributed by atoms with Crippen molar-refractivity contribution in [2.75, 3.05) is 6.67 Å². The Balaban J connectivity index is 0.00000469. The number of rotatable bonds is 5. The molecule has 7 aromatic carbocycles. The zero-order valence-electron chi connectivity index (χ0n) is 38.4. The van der Waals surface area contributed by atoms with Crippen LogP contribution in [0.15, 0.2) is 158 Å². The molecule has 2 bridgehead atoms. The van der Waals surface area contributed by atoms with Gasteiger partial charge >= 0.3 is 0 Å². The molecule has 1 saturated heterocycles. The first-order valence-electron chi connectivity index (χ1n) is 22.8. The number of hydrogen-bond acceptors (Lipinski definition) is 1. The Hall–Kier alpha value is -5.90. The van der Waals surface area contributed by atoms with E-state index in [9.17, 15) is 0 Å². The molecule has 2 aromatic heterocycles. The summed E-state index contributed by atoms with van der Waals surface area (Å²) in [6, 6.07) is 65.4. The molecule has 324 valence electrons. The molecule has 5 heteroatoms. The largest absolute Gasteiger partial charge is 0.319 e. The number of para-hydroxylation sites is 2. The Labute approximate surface area is 398 Å². The second-order valence-corrected chi connectivity index (χ2v) is 20.7. The zero-order valence-corrected chi connectivity index (χ0v) is 40.7. The molecule has 0 N–H and O–H groups in total. The predicted octanol–water partition coefficient (Wildman–Crippen LogP) is 14.7. The third-order valence-electron chi connectivity index (χ3n) is 14.8. The van der Waals surface area contributed by atoms with E-state index in [0.29, 0.717) is 4.48 Å². The van der Waals surface area contributed by atoms with Crippen molar-refractivity contribution in [2.24, 2.45) is 0 Å². The van der Waals surface area contributed by atoms with Gasteiger partial charge in [-0.3, -0.25) is 4.48 Å². The molecule has 0 amide bonds. The van der Waals surface area contributed by atoms with Gasteiger partial charge in [0.25, 0.3) is 0 Å². The van der Waals surface area contributed by atoms with Crippen LogP contribution < -0.4 is 8.97 Å². The van der Waals surface area contributed by atoms with Crippen LogP contribution in [0.5, 0.6) is 0 Å². The third-order valence-corrected chi connectivity index (χ3v) is 14.8. The van der Waals surface area contributed by atoms with E-state index in [0.717, 1.165) is 44.5 Å². The summed E-state index contributed by atoms with van der Waals surface area (Å²) in [4.78, 5) is 5.06. The number of aromatic nitrogens is 2. The number of nitrogens with zero attached hydrogens (tertiary/aromatic N) is 4. The SMILES string of the molecule is Cc1cc2c(cc1C)[N@+]1(c3[c-]c(C4(c5[c-]c6c(cc5)c5ccccc5n6-c5cc(C(C)(C)C)ccn5)c5ccccc5-c5ccccc54)cc(C(C)(C)C)c3)[CH-][N@@+]2(c2ccccc2)C1.[Pt]. The summed E-state index contributed by atoms with van der Waals surface area (Å²) < 4.78 is 3.69. The van der Waals surface area contributed by atoms with Crippen LogP contribution in [0.2, 0.25) is 0 Å². The van der Waals surface area contributed by atoms with Crippen molar-refractivity contribution in [2.45, 2.75) is 71.6 Å². The molecular weight excluding hydrogens is 972 g/mol. The van der Waals surface area contributed by atoms with Gasteiger partial charge in [-0.2, -0.15) is 24.3 Å². The van der Waals surface area contributed by atoms with Gasteiger partial charge in [-0.25, -0.2) is 4.98 Å². The summed E-state index contributed by atoms with van der Waals surface area (Å²) >= 11 is 0. The average molecular weight is 1030 g/mol. The van der Waals surface area contributed by atoms with Crippen molar-refractivity contribution in [3.05, 3.63) is 221 Å². The standard InChI is InChI=1S/C60H53N4.Pt/c1-39-30-55-56(31-40(39)2)64(37-63(55,38-64)45-18-10-9-11-19-45)46-33-43(59(6,7)8)32-44(34-46)60(51-23-15-12-20-47(51)48-21-13-16-24-52(48)60)42-26-27-50-49-22-14-17-25-53(49)62(54(50)35-42)57-36-41(28-29-61-57)58(3,4)5;/h9-33,36-37H,38H2,1-8H3;/q-1;/t63-,64+;/m0./s1. The van der Waals surface area contributed by atoms with E-state index in [-0.39, 0.29) is 31.9 Å². The van der Waals surface area contributed by atoms with Gasteiger partial charge in [0.05, 0.1) is 6.67 Å². The smallest absolute Gasteiger partial charge is 0.184 e. The maximum absolute atomic E-state index is 5.06. The Morgan fingerprint density at radius 3 is 1.85 bits per heavy atom. The maximum atomic E-state index is 5.06. The van der Waals surface area contributed by atoms with E-state index in [1.54, 1.807) is 0 Å². The fourth-order valence-corrected chi connectivity index (χ4v) is 11.3. The van der Waals surface area contributed by atoms with Crippen molar-refractivity contribution in [1.29, 1.82) is 0 Å². The molecule has 13 rings (SSSR count). The van der Waals surface area contributed by atoms with Crippen LogP contribution >= 0.6 is 0 Å². The molecule has 4 aliphatic rings. The quantitative estimate of drug-likeness (QED) is 0.124. The van der Waals surface area contributed by atoms with Crippen LogP contribution in [0.1, 0.15) is 86.1 Å². The first-order valence-corrected chi connectivity index (χ1v) is 22.8. The van der Waals surface area contributed by atoms with Crippen molar-refractivity contribution >= 4 is 44.6 Å². The zero-order chi connectivity index (χ0) is 44.0. The Bertz CT molecular complexity index is 3350. The minimum absolute atomic E-state index is 0. The van der Waals surface area contributed by atoms with Crippen molar-refractivity contribution in [3.63, 3.8) is 0 Å². The second kappa shape index (κ2) is 14.3. The van der Waals surface area contributed by atoms with E-state index in [4.69, 9.17) is 4.98 Å². The first kappa shape index (κ1) is 41.8. The molecule has 3 aliphatic heterocycles. The van der Waals surface area contributed by atoms with Gasteiger partial charge in [-0.05, 0) is 99.3 Å². The topological polar surface area (TPSA) is 17.8 Å². The van der Waals surface area contributed by atoms with Crippen LogP contribution in [0.25, 0.3) is 38.8 Å². The fourth-order valence-electron chi connectivity index (χ4n) is 11.3. The molecule has 0 saturated carbocycles. The minimum Gasteiger partial charge on any atom is -0.319 e. The summed E-state index contributed by atoms with van der Waals surface area (Å²) in [5.41, 5.74) is 18.8. The second-order valence-electron chi connectivity index (χ2n) is 20.7. The van der Waals surface area contributed by atoms with Crippen LogP contribution in [-0.2, 0) is 37.3 Å². The maximum Gasteiger partial charge on any atom is 0.184 e. The summed E-state index contributed by atoms with van der Waals surface area (Å²) in [5, 5.41) is 2.35. The molecule has 5 heterocycles. The van der Waals surface area contributed by atoms with Crippen LogP contribution in [0.4, 0.5) is 22.7 Å². The van der Waals surface area contributed by atoms with Crippen LogP contribution in [0, 0.1) is 32.6 Å². The van der Waals surface area contributed by atoms with E-state index < -0.39 is 5.41 Å². The number of quaternary nitrogens is 2. The van der Waals surface area contributed by atoms with Crippen molar-refractivity contribution in [1.82, 2.24) is 18.5 Å². The molecule has 9 aromatic rings. The Morgan fingerprint density at radius 2 is 1.18 bits per heavy atom. The third kappa shape index (κ3) is 5.76. The van der Waals surface area contributed by atoms with Gasteiger partial charge in [0, 0.05) is 56.0 Å². The summed E-state index contributed by atoms with van der Waals surface area (Å²) in [7, 11) is 0. The number of fused-ring (bicyclic) bond motifs is 6. The molecule has 1 fully saturated rings. The number of hydrogen-bond donors (Lipinski definition) is 0. The molecule has 2 atom stereocenters. The molecule has 0 radical (unpaired) electrons. The van der Waals surface area contributed by atoms with Crippen LogP contribution in [-0.4, -0.2) is 16.2 Å². The van der Waals surface area contributed by atoms with Gasteiger partial charge in [-0.1, -0.05) is 132 Å². The van der Waals surface area contributed by atoms with Gasteiger partial charge in [0.1, 0.15) is 11.5 Å². The van der Waals surface area contributed by atoms with Gasteiger partial charge in [0.2, 0.25) is 0 Å². The molecular formula is C60H53N4Pt-. The van der Waals surface area contributed by atoms with E-state index in [1.165, 1.54) is 72.6 Å². The normalized spacial score (nSPS) is 19.1. The van der Waals surface area contributed by atoms with E-state index >= 15 is 0 Å². The first-order chi connectivity index (χ1) is 30.7. The van der Waals surface area contributed by atoms with E-state index in [1.807, 2.05) is 6.20 Å². The summed E-state index contributed by atoms with van der Waals surface area (Å²) in [6.45, 7) is 21.8. The monoisotopic (exact) mass is 1020 g/mol. The molecule has 0 unspecified atom stereocenters. The van der Waals surface area contributed by atoms with Crippen molar-refractivity contribution < 1.29 is 21.1 Å². The number of pyridine rings is 1. The van der Waals surface area contributed by atoms with Gasteiger partial charge in [0.15, 0.2) is 18.0 Å². The number of aryl methyl sites for hydroxylation is 2. The molecule has 65 heavy (non-hydrogen) atoms. The summed E-state index contributed by atoms with van der Waals surface area (Å²) in [5.74, 6) is 0.902. The van der Waals surface area contributed by atoms with Gasteiger partial charge < -0.3 is 9.05 Å². The minimum atomic E-state index is -0.736. The molecule has 1 aliphatic carbocycles. The average Bonchev–Trinajstić information content (AvgIpc) is 3.96. The van der Waals surface area contributed by atoms with Gasteiger partial charge in [-0.15, -0.1) is 34.2 Å². The molecule has 4 nitrogen and oxygen atoms in total. The van der Waals surface area contributed by atoms with E-state index in [2.05, 4.69) is 230 Å². The Morgan fingerprint density at radius 1 is 0.585 bits per heavy atom. The molecule has 0 spiro atoms. The van der Waals surface area contributed by atoms with Crippen LogP contribution in [0.3, 0.4) is 0 Å². The predicted molar refractivity (Wildman–Crippen MR) is 265 cm³/mol. The fraction of sp³-hybridized carbons (Fsp3) is 0.200.